The van der Waals surface area contributed by atoms with Crippen LogP contribution in [0.4, 0.5) is 5.69 Å². The molecule has 0 fully saturated rings. The Morgan fingerprint density at radius 2 is 1.97 bits per heavy atom. The van der Waals surface area contributed by atoms with Gasteiger partial charge in [0.15, 0.2) is 14.6 Å². The first kappa shape index (κ1) is 22.3. The molecule has 1 heterocycles. The maximum absolute atomic E-state index is 12.6. The van der Waals surface area contributed by atoms with Gasteiger partial charge in [0.1, 0.15) is 6.54 Å². The van der Waals surface area contributed by atoms with Crippen LogP contribution in [0.5, 0.6) is 0 Å². The van der Waals surface area contributed by atoms with E-state index < -0.39 is 26.6 Å². The number of ether oxygens (including phenoxy) is 1. The molecule has 3 rings (SSSR count). The minimum atomic E-state index is -3.46. The van der Waals surface area contributed by atoms with Crippen molar-refractivity contribution in [1.82, 2.24) is 4.57 Å². The lowest BCUT2D eigenvalue weighted by Crippen LogP contribution is -2.23. The second-order valence-corrected chi connectivity index (χ2v) is 9.43. The molecule has 10 nitrogen and oxygen atoms in total. The topological polar surface area (TPSA) is 138 Å². The van der Waals surface area contributed by atoms with Crippen molar-refractivity contribution in [2.75, 3.05) is 12.9 Å². The molecule has 162 valence electrons. The van der Waals surface area contributed by atoms with Crippen molar-refractivity contribution in [3.8, 4) is 0 Å². The molecule has 0 spiro atoms. The van der Waals surface area contributed by atoms with Gasteiger partial charge in [0.05, 0.1) is 26.6 Å². The van der Waals surface area contributed by atoms with Crippen LogP contribution < -0.4 is 4.80 Å². The highest BCUT2D eigenvalue weighted by molar-refractivity contribution is 7.90. The third-order valence-electron chi connectivity index (χ3n) is 4.18. The summed E-state index contributed by atoms with van der Waals surface area (Å²) in [6.45, 7) is 1.58. The first-order valence-electron chi connectivity index (χ1n) is 8.92. The molecule has 0 saturated heterocycles. The molecule has 1 amide bonds. The van der Waals surface area contributed by atoms with E-state index >= 15 is 0 Å². The Labute approximate surface area is 180 Å². The maximum Gasteiger partial charge on any atom is 0.326 e. The van der Waals surface area contributed by atoms with Gasteiger partial charge in [0.2, 0.25) is 0 Å². The first-order valence-corrected chi connectivity index (χ1v) is 11.6. The van der Waals surface area contributed by atoms with Crippen LogP contribution in [0.3, 0.4) is 0 Å². The predicted octanol–water partition coefficient (Wildman–Crippen LogP) is 2.32. The third-order valence-corrected chi connectivity index (χ3v) is 6.33. The molecule has 1 aromatic heterocycles. The Hall–Kier alpha value is -3.38. The number of fused-ring (bicyclic) bond motifs is 1. The van der Waals surface area contributed by atoms with Crippen molar-refractivity contribution in [3.05, 3.63) is 62.9 Å². The molecule has 0 aliphatic carbocycles. The largest absolute Gasteiger partial charge is 0.465 e. The molecule has 0 radical (unpaired) electrons. The van der Waals surface area contributed by atoms with E-state index in [4.69, 9.17) is 4.74 Å². The zero-order chi connectivity index (χ0) is 22.8. The van der Waals surface area contributed by atoms with Crippen molar-refractivity contribution in [2.24, 2.45) is 4.99 Å². The Morgan fingerprint density at radius 3 is 2.61 bits per heavy atom. The van der Waals surface area contributed by atoms with Gasteiger partial charge in [-0.05, 0) is 31.2 Å². The quantitative estimate of drug-likeness (QED) is 0.311. The molecule has 0 atom stereocenters. The molecular weight excluding hydrogens is 446 g/mol. The number of amides is 1. The Morgan fingerprint density at radius 1 is 1.23 bits per heavy atom. The zero-order valence-electron chi connectivity index (χ0n) is 16.5. The standard InChI is InChI=1S/C19H17N3O7S2/c1-3-29-17(23)11-21-15-8-7-14(31(2,27)28)10-16(15)30-19(21)20-18(24)12-5-4-6-13(9-12)22(25)26/h4-10H,3,11H2,1-2H3. The van der Waals surface area contributed by atoms with Crippen molar-refractivity contribution < 1.29 is 27.7 Å². The van der Waals surface area contributed by atoms with Gasteiger partial charge in [-0.25, -0.2) is 8.42 Å². The molecule has 0 aliphatic rings. The lowest BCUT2D eigenvalue weighted by atomic mass is 10.2. The number of carbonyl (C=O) groups excluding carboxylic acids is 2. The molecular formula is C19H17N3O7S2. The van der Waals surface area contributed by atoms with E-state index in [-0.39, 0.29) is 34.1 Å². The lowest BCUT2D eigenvalue weighted by molar-refractivity contribution is -0.384. The average molecular weight is 463 g/mol. The fourth-order valence-electron chi connectivity index (χ4n) is 2.76. The number of carbonyl (C=O) groups is 2. The number of sulfone groups is 1. The van der Waals surface area contributed by atoms with Gasteiger partial charge >= 0.3 is 5.97 Å². The van der Waals surface area contributed by atoms with Crippen LogP contribution in [0, 0.1) is 10.1 Å². The second-order valence-electron chi connectivity index (χ2n) is 6.40. The van der Waals surface area contributed by atoms with Crippen molar-refractivity contribution in [1.29, 1.82) is 0 Å². The highest BCUT2D eigenvalue weighted by atomic mass is 32.2. The number of non-ortho nitro benzene ring substituents is 1. The number of aromatic nitrogens is 1. The molecule has 0 saturated carbocycles. The summed E-state index contributed by atoms with van der Waals surface area (Å²) in [7, 11) is -3.46. The fourth-order valence-corrected chi connectivity index (χ4v) is 4.55. The first-order chi connectivity index (χ1) is 14.6. The highest BCUT2D eigenvalue weighted by Crippen LogP contribution is 2.22. The van der Waals surface area contributed by atoms with Gasteiger partial charge in [-0.2, -0.15) is 4.99 Å². The summed E-state index contributed by atoms with van der Waals surface area (Å²) >= 11 is 1.02. The maximum atomic E-state index is 12.6. The summed E-state index contributed by atoms with van der Waals surface area (Å²) in [6.07, 6.45) is 1.07. The van der Waals surface area contributed by atoms with E-state index in [0.717, 1.165) is 23.7 Å². The predicted molar refractivity (Wildman–Crippen MR) is 113 cm³/mol. The van der Waals surface area contributed by atoms with Crippen molar-refractivity contribution in [2.45, 2.75) is 18.4 Å². The van der Waals surface area contributed by atoms with Crippen LogP contribution in [-0.2, 0) is 25.9 Å². The van der Waals surface area contributed by atoms with Crippen LogP contribution in [-0.4, -0.2) is 42.6 Å². The molecule has 0 bridgehead atoms. The highest BCUT2D eigenvalue weighted by Gasteiger charge is 2.16. The molecule has 0 N–H and O–H groups in total. The Balaban J connectivity index is 2.16. The number of nitrogens with zero attached hydrogens (tertiary/aromatic N) is 3. The van der Waals surface area contributed by atoms with Crippen molar-refractivity contribution >= 4 is 49.0 Å². The second kappa shape index (κ2) is 8.78. The van der Waals surface area contributed by atoms with Gasteiger partial charge in [0.25, 0.3) is 11.6 Å². The van der Waals surface area contributed by atoms with Gasteiger partial charge in [-0.1, -0.05) is 17.4 Å². The van der Waals surface area contributed by atoms with Gasteiger partial charge in [-0.3, -0.25) is 19.7 Å². The molecule has 2 aromatic carbocycles. The summed E-state index contributed by atoms with van der Waals surface area (Å²) < 4.78 is 30.7. The number of thiazole rings is 1. The monoisotopic (exact) mass is 463 g/mol. The van der Waals surface area contributed by atoms with E-state index in [1.54, 1.807) is 6.92 Å². The van der Waals surface area contributed by atoms with Gasteiger partial charge in [0, 0.05) is 24.0 Å². The number of hydrogen-bond acceptors (Lipinski definition) is 8. The summed E-state index contributed by atoms with van der Waals surface area (Å²) in [5, 5.41) is 11.0. The normalized spacial score (nSPS) is 12.1. The van der Waals surface area contributed by atoms with Crippen LogP contribution >= 0.6 is 11.3 Å². The minimum absolute atomic E-state index is 0.00571. The Bertz CT molecular complexity index is 1370. The van der Waals surface area contributed by atoms with E-state index in [2.05, 4.69) is 4.99 Å². The van der Waals surface area contributed by atoms with Crippen LogP contribution in [0.15, 0.2) is 52.4 Å². The Kier molecular flexibility index (Phi) is 6.32. The fraction of sp³-hybridized carbons (Fsp3) is 0.211. The summed E-state index contributed by atoms with van der Waals surface area (Å²) in [6, 6.07) is 9.49. The zero-order valence-corrected chi connectivity index (χ0v) is 18.1. The average Bonchev–Trinajstić information content (AvgIpc) is 3.03. The number of hydrogen-bond donors (Lipinski definition) is 0. The summed E-state index contributed by atoms with van der Waals surface area (Å²) in [5.41, 5.74) is 0.247. The van der Waals surface area contributed by atoms with E-state index in [1.165, 1.54) is 41.0 Å². The molecule has 0 aliphatic heterocycles. The van der Waals surface area contributed by atoms with Gasteiger partial charge < -0.3 is 9.30 Å². The third kappa shape index (κ3) is 5.03. The number of rotatable bonds is 6. The summed E-state index contributed by atoms with van der Waals surface area (Å²) in [4.78, 5) is 39.3. The lowest BCUT2D eigenvalue weighted by Gasteiger charge is -2.05. The van der Waals surface area contributed by atoms with Crippen molar-refractivity contribution in [3.63, 3.8) is 0 Å². The van der Waals surface area contributed by atoms with E-state index in [0.29, 0.717) is 10.2 Å². The van der Waals surface area contributed by atoms with Gasteiger partial charge in [-0.15, -0.1) is 0 Å². The van der Waals surface area contributed by atoms with Crippen LogP contribution in [0.25, 0.3) is 10.2 Å². The molecule has 3 aromatic rings. The molecule has 0 unspecified atom stereocenters. The smallest absolute Gasteiger partial charge is 0.326 e. The van der Waals surface area contributed by atoms with E-state index in [9.17, 15) is 28.1 Å². The van der Waals surface area contributed by atoms with Crippen LogP contribution in [0.2, 0.25) is 0 Å². The minimum Gasteiger partial charge on any atom is -0.465 e. The number of esters is 1. The van der Waals surface area contributed by atoms with E-state index in [1.807, 2.05) is 0 Å². The summed E-state index contributed by atoms with van der Waals surface area (Å²) in [5.74, 6) is -1.30. The number of nitro benzene ring substituents is 1. The number of benzene rings is 2. The molecule has 12 heteroatoms. The number of nitro groups is 1. The molecule has 31 heavy (non-hydrogen) atoms. The SMILES string of the molecule is CCOC(=O)Cn1c(=NC(=O)c2cccc([N+](=O)[O-])c2)sc2cc(S(C)(=O)=O)ccc21. The van der Waals surface area contributed by atoms with Crippen LogP contribution in [0.1, 0.15) is 17.3 Å².